The van der Waals surface area contributed by atoms with Gasteiger partial charge in [-0.15, -0.1) is 0 Å². The highest BCUT2D eigenvalue weighted by Crippen LogP contribution is 2.56. The molecule has 1 amide bonds. The zero-order valence-corrected chi connectivity index (χ0v) is 17.9. The quantitative estimate of drug-likeness (QED) is 0.546. The number of ether oxygens (including phenoxy) is 2. The minimum atomic E-state index is -0.428. The minimum Gasteiger partial charge on any atom is -0.366 e. The molecule has 154 valence electrons. The summed E-state index contributed by atoms with van der Waals surface area (Å²) in [6.07, 6.45) is 3.70. The lowest BCUT2D eigenvalue weighted by Gasteiger charge is -2.53. The van der Waals surface area contributed by atoms with Crippen molar-refractivity contribution >= 4 is 11.7 Å². The predicted octanol–water partition coefficient (Wildman–Crippen LogP) is 2.53. The number of aryl methyl sites for hydroxylation is 1. The molecule has 3 aliphatic rings. The fraction of sp³-hybridized carbons (Fsp3) is 0.762. The van der Waals surface area contributed by atoms with Crippen molar-refractivity contribution in [2.75, 3.05) is 27.3 Å². The van der Waals surface area contributed by atoms with Crippen LogP contribution in [0, 0.1) is 11.8 Å². The molecule has 2 fully saturated rings. The Morgan fingerprint density at radius 1 is 1.29 bits per heavy atom. The maximum absolute atomic E-state index is 12.9. The summed E-state index contributed by atoms with van der Waals surface area (Å²) in [5.74, 6) is 0.798. The van der Waals surface area contributed by atoms with E-state index in [0.29, 0.717) is 36.6 Å². The molecule has 1 unspecified atom stereocenters. The third kappa shape index (κ3) is 2.74. The molecule has 2 heterocycles. The first kappa shape index (κ1) is 19.6. The number of carbonyl (C=O) groups excluding carboxylic acids is 1. The first-order valence-corrected chi connectivity index (χ1v) is 10.3. The van der Waals surface area contributed by atoms with Crippen LogP contribution in [-0.2, 0) is 28.4 Å². The molecule has 3 atom stereocenters. The summed E-state index contributed by atoms with van der Waals surface area (Å²) in [6, 6.07) is 0. The molecule has 1 aromatic heterocycles. The molecule has 2 aliphatic carbocycles. The number of hydrogen-bond donors (Lipinski definition) is 0. The second kappa shape index (κ2) is 6.66. The average Bonchev–Trinajstić information content (AvgIpc) is 3.24. The SMILES string of the molecule is CC(=NC(=O)c1c2c(nn1C)C1(C)CCC3(OCCO3)[C@@H](C)[C@@H]1CC2)N(C)C. The van der Waals surface area contributed by atoms with Crippen LogP contribution in [-0.4, -0.2) is 59.5 Å². The molecule has 0 radical (unpaired) electrons. The van der Waals surface area contributed by atoms with Gasteiger partial charge in [0.25, 0.3) is 5.91 Å². The fourth-order valence-corrected chi connectivity index (χ4v) is 5.58. The van der Waals surface area contributed by atoms with Crippen molar-refractivity contribution in [1.29, 1.82) is 0 Å². The van der Waals surface area contributed by atoms with E-state index in [2.05, 4.69) is 18.8 Å². The van der Waals surface area contributed by atoms with Crippen molar-refractivity contribution < 1.29 is 14.3 Å². The Morgan fingerprint density at radius 3 is 2.61 bits per heavy atom. The highest BCUT2D eigenvalue weighted by molar-refractivity contribution is 6.02. The molecule has 0 aromatic carbocycles. The van der Waals surface area contributed by atoms with Gasteiger partial charge in [0.2, 0.25) is 0 Å². The third-order valence-corrected chi connectivity index (χ3v) is 7.39. The summed E-state index contributed by atoms with van der Waals surface area (Å²) in [5.41, 5.74) is 2.73. The van der Waals surface area contributed by atoms with Gasteiger partial charge >= 0.3 is 0 Å². The van der Waals surface area contributed by atoms with Crippen LogP contribution < -0.4 is 0 Å². The Bertz CT molecular complexity index is 822. The number of hydrogen-bond acceptors (Lipinski definition) is 4. The molecule has 28 heavy (non-hydrogen) atoms. The van der Waals surface area contributed by atoms with Gasteiger partial charge in [0.05, 0.1) is 18.9 Å². The van der Waals surface area contributed by atoms with Crippen LogP contribution in [0.3, 0.4) is 0 Å². The largest absolute Gasteiger partial charge is 0.366 e. The van der Waals surface area contributed by atoms with Gasteiger partial charge < -0.3 is 14.4 Å². The fourth-order valence-electron chi connectivity index (χ4n) is 5.58. The summed E-state index contributed by atoms with van der Waals surface area (Å²) in [5, 5.41) is 4.86. The van der Waals surface area contributed by atoms with Crippen LogP contribution in [0.1, 0.15) is 61.8 Å². The summed E-state index contributed by atoms with van der Waals surface area (Å²) in [7, 11) is 5.65. The first-order chi connectivity index (χ1) is 13.2. The molecule has 4 rings (SSSR count). The van der Waals surface area contributed by atoms with E-state index in [0.717, 1.165) is 36.9 Å². The summed E-state index contributed by atoms with van der Waals surface area (Å²) >= 11 is 0. The Morgan fingerprint density at radius 2 is 1.96 bits per heavy atom. The molecule has 7 heteroatoms. The Labute approximate surface area is 167 Å². The summed E-state index contributed by atoms with van der Waals surface area (Å²) in [6.45, 7) is 7.79. The number of aliphatic imine (C=N–C) groups is 1. The highest BCUT2D eigenvalue weighted by Gasteiger charge is 2.58. The van der Waals surface area contributed by atoms with E-state index in [1.807, 2.05) is 33.0 Å². The molecule has 0 bridgehead atoms. The van der Waals surface area contributed by atoms with Gasteiger partial charge in [-0.2, -0.15) is 10.1 Å². The number of nitrogens with zero attached hydrogens (tertiary/aromatic N) is 4. The number of carbonyl (C=O) groups is 1. The molecule has 0 N–H and O–H groups in total. The van der Waals surface area contributed by atoms with E-state index >= 15 is 0 Å². The zero-order chi connectivity index (χ0) is 20.3. The van der Waals surface area contributed by atoms with Crippen molar-refractivity contribution in [1.82, 2.24) is 14.7 Å². The molecule has 7 nitrogen and oxygen atoms in total. The standard InChI is InChI=1S/C21H32N4O3/c1-13-16-8-7-15-17(19(26)22-14(2)24(4)5)25(6)23-18(15)20(16,3)9-10-21(13)27-11-12-28-21/h13,16H,7-12H2,1-6H3/t13-,16-,20?/m0/s1. The molecule has 1 aliphatic heterocycles. The first-order valence-electron chi connectivity index (χ1n) is 10.3. The average molecular weight is 389 g/mol. The van der Waals surface area contributed by atoms with Gasteiger partial charge in [0.1, 0.15) is 11.5 Å². The molecular weight excluding hydrogens is 356 g/mol. The van der Waals surface area contributed by atoms with Crippen LogP contribution in [0.4, 0.5) is 0 Å². The van der Waals surface area contributed by atoms with Crippen LogP contribution >= 0.6 is 0 Å². The Kier molecular flexibility index (Phi) is 4.66. The number of fused-ring (bicyclic) bond motifs is 3. The smallest absolute Gasteiger partial charge is 0.297 e. The monoisotopic (exact) mass is 388 g/mol. The van der Waals surface area contributed by atoms with Crippen molar-refractivity contribution in [2.45, 2.75) is 57.7 Å². The summed E-state index contributed by atoms with van der Waals surface area (Å²) < 4.78 is 13.9. The van der Waals surface area contributed by atoms with Gasteiger partial charge in [-0.1, -0.05) is 13.8 Å². The van der Waals surface area contributed by atoms with Crippen molar-refractivity contribution in [2.24, 2.45) is 23.9 Å². The number of rotatable bonds is 1. The van der Waals surface area contributed by atoms with Gasteiger partial charge in [0, 0.05) is 44.5 Å². The number of aromatic nitrogens is 2. The minimum absolute atomic E-state index is 0.0653. The molecular formula is C21H32N4O3. The van der Waals surface area contributed by atoms with E-state index < -0.39 is 5.79 Å². The maximum atomic E-state index is 12.9. The van der Waals surface area contributed by atoms with Crippen molar-refractivity contribution in [3.05, 3.63) is 17.0 Å². The molecule has 1 saturated carbocycles. The van der Waals surface area contributed by atoms with Gasteiger partial charge in [-0.05, 0) is 32.1 Å². The lowest BCUT2D eigenvalue weighted by atomic mass is 9.55. The van der Waals surface area contributed by atoms with Crippen LogP contribution in [0.2, 0.25) is 0 Å². The second-order valence-corrected chi connectivity index (χ2v) is 9.02. The third-order valence-electron chi connectivity index (χ3n) is 7.39. The topological polar surface area (TPSA) is 69.0 Å². The normalized spacial score (nSPS) is 31.6. The van der Waals surface area contributed by atoms with Crippen molar-refractivity contribution in [3.8, 4) is 0 Å². The molecule has 1 spiro atoms. The van der Waals surface area contributed by atoms with Crippen LogP contribution in [0.5, 0.6) is 0 Å². The molecule has 1 aromatic rings. The number of amides is 1. The Balaban J connectivity index is 1.71. The van der Waals surface area contributed by atoms with Crippen molar-refractivity contribution in [3.63, 3.8) is 0 Å². The lowest BCUT2D eigenvalue weighted by Crippen LogP contribution is -2.55. The second-order valence-electron chi connectivity index (χ2n) is 9.02. The van der Waals surface area contributed by atoms with Gasteiger partial charge in [-0.3, -0.25) is 9.48 Å². The lowest BCUT2D eigenvalue weighted by molar-refractivity contribution is -0.234. The van der Waals surface area contributed by atoms with E-state index in [4.69, 9.17) is 14.6 Å². The highest BCUT2D eigenvalue weighted by atomic mass is 16.7. The maximum Gasteiger partial charge on any atom is 0.297 e. The van der Waals surface area contributed by atoms with Crippen LogP contribution in [0.15, 0.2) is 4.99 Å². The van der Waals surface area contributed by atoms with Crippen LogP contribution in [0.25, 0.3) is 0 Å². The van der Waals surface area contributed by atoms with Gasteiger partial charge in [-0.25, -0.2) is 0 Å². The van der Waals surface area contributed by atoms with E-state index in [9.17, 15) is 4.79 Å². The van der Waals surface area contributed by atoms with E-state index in [1.54, 1.807) is 4.68 Å². The number of amidine groups is 1. The van der Waals surface area contributed by atoms with Gasteiger partial charge in [0.15, 0.2) is 5.79 Å². The van der Waals surface area contributed by atoms with E-state index in [1.165, 1.54) is 0 Å². The molecule has 1 saturated heterocycles. The zero-order valence-electron chi connectivity index (χ0n) is 17.9. The predicted molar refractivity (Wildman–Crippen MR) is 107 cm³/mol. The Hall–Kier alpha value is -1.73. The summed E-state index contributed by atoms with van der Waals surface area (Å²) in [4.78, 5) is 19.1. The van der Waals surface area contributed by atoms with E-state index in [-0.39, 0.29) is 11.3 Å².